The van der Waals surface area contributed by atoms with E-state index in [1.807, 2.05) is 0 Å². The second kappa shape index (κ2) is 7.12. The summed E-state index contributed by atoms with van der Waals surface area (Å²) in [6.45, 7) is 3.40. The maximum absolute atomic E-state index is 12.7. The lowest BCUT2D eigenvalue weighted by Crippen LogP contribution is -2.06. The Morgan fingerprint density at radius 3 is 2.44 bits per heavy atom. The summed E-state index contributed by atoms with van der Waals surface area (Å²) in [7, 11) is 0. The highest BCUT2D eigenvalue weighted by Crippen LogP contribution is 2.29. The summed E-state index contributed by atoms with van der Waals surface area (Å²) in [4.78, 5) is 16.3. The number of hydrogen-bond acceptors (Lipinski definition) is 3. The number of hydrogen-bond donors (Lipinski definition) is 0. The zero-order valence-corrected chi connectivity index (χ0v) is 14.5. The molecule has 0 aliphatic rings. The summed E-state index contributed by atoms with van der Waals surface area (Å²) in [6.07, 6.45) is -2.92. The minimum Gasteiger partial charge on any atom is -0.466 e. The minimum atomic E-state index is -4.41. The fraction of sp³-hybridized carbons (Fsp3) is 0.143. The van der Waals surface area contributed by atoms with Crippen molar-refractivity contribution < 1.29 is 17.6 Å². The van der Waals surface area contributed by atoms with E-state index in [9.17, 15) is 18.0 Å². The van der Waals surface area contributed by atoms with Crippen molar-refractivity contribution in [3.05, 3.63) is 87.2 Å². The van der Waals surface area contributed by atoms with Crippen molar-refractivity contribution in [2.75, 3.05) is 0 Å². The number of halogens is 3. The lowest BCUT2D eigenvalue weighted by molar-refractivity contribution is -0.137. The molecular weight excluding hydrogens is 355 g/mol. The predicted octanol–water partition coefficient (Wildman–Crippen LogP) is 4.74. The van der Waals surface area contributed by atoms with Crippen LogP contribution in [-0.2, 0) is 6.18 Å². The third-order valence-electron chi connectivity index (χ3n) is 3.82. The van der Waals surface area contributed by atoms with Crippen LogP contribution in [0.5, 0.6) is 0 Å². The van der Waals surface area contributed by atoms with Crippen molar-refractivity contribution in [1.82, 2.24) is 4.98 Å². The standard InChI is InChI=1S/C21H14F3NO2/c1-13-10-19(26)20(14(2)27-13)16-7-9-18(25-12-16)8-6-15-4-3-5-17(11-15)21(22,23)24/h3-5,7,9-12H,1-2H3. The number of aryl methyl sites for hydroxylation is 2. The monoisotopic (exact) mass is 369 g/mol. The van der Waals surface area contributed by atoms with Crippen LogP contribution in [0.3, 0.4) is 0 Å². The molecular formula is C21H14F3NO2. The van der Waals surface area contributed by atoms with Gasteiger partial charge in [0.2, 0.25) is 0 Å². The topological polar surface area (TPSA) is 43.1 Å². The van der Waals surface area contributed by atoms with E-state index in [2.05, 4.69) is 16.8 Å². The molecule has 6 heteroatoms. The first-order valence-electron chi connectivity index (χ1n) is 8.01. The molecule has 2 aromatic heterocycles. The highest BCUT2D eigenvalue weighted by Gasteiger charge is 2.30. The fourth-order valence-electron chi connectivity index (χ4n) is 2.62. The van der Waals surface area contributed by atoms with Gasteiger partial charge < -0.3 is 4.42 Å². The van der Waals surface area contributed by atoms with Crippen molar-refractivity contribution in [2.24, 2.45) is 0 Å². The fourth-order valence-corrected chi connectivity index (χ4v) is 2.62. The van der Waals surface area contributed by atoms with Crippen molar-refractivity contribution in [3.8, 4) is 23.0 Å². The molecule has 136 valence electrons. The largest absolute Gasteiger partial charge is 0.466 e. The van der Waals surface area contributed by atoms with Gasteiger partial charge in [-0.2, -0.15) is 13.2 Å². The van der Waals surface area contributed by atoms with Crippen molar-refractivity contribution >= 4 is 0 Å². The number of rotatable bonds is 1. The van der Waals surface area contributed by atoms with Gasteiger partial charge in [-0.15, -0.1) is 0 Å². The van der Waals surface area contributed by atoms with E-state index in [-0.39, 0.29) is 11.0 Å². The van der Waals surface area contributed by atoms with Gasteiger partial charge in [0.25, 0.3) is 0 Å². The van der Waals surface area contributed by atoms with Gasteiger partial charge in [-0.05, 0) is 50.1 Å². The summed E-state index contributed by atoms with van der Waals surface area (Å²) >= 11 is 0. The smallest absolute Gasteiger partial charge is 0.416 e. The van der Waals surface area contributed by atoms with Gasteiger partial charge in [-0.1, -0.05) is 12.0 Å². The second-order valence-corrected chi connectivity index (χ2v) is 5.91. The van der Waals surface area contributed by atoms with Gasteiger partial charge >= 0.3 is 6.18 Å². The molecule has 0 atom stereocenters. The molecule has 0 radical (unpaired) electrons. The van der Waals surface area contributed by atoms with E-state index in [4.69, 9.17) is 4.42 Å². The molecule has 3 rings (SSSR count). The normalized spacial score (nSPS) is 11.0. The first-order valence-corrected chi connectivity index (χ1v) is 8.01. The first-order chi connectivity index (χ1) is 12.7. The zero-order valence-electron chi connectivity index (χ0n) is 14.5. The van der Waals surface area contributed by atoms with Crippen LogP contribution in [0.4, 0.5) is 13.2 Å². The molecule has 0 N–H and O–H groups in total. The van der Waals surface area contributed by atoms with E-state index in [1.54, 1.807) is 26.0 Å². The van der Waals surface area contributed by atoms with Crippen LogP contribution in [0, 0.1) is 25.7 Å². The lowest BCUT2D eigenvalue weighted by Gasteiger charge is -2.06. The van der Waals surface area contributed by atoms with Crippen LogP contribution < -0.4 is 5.43 Å². The van der Waals surface area contributed by atoms with Crippen molar-refractivity contribution in [3.63, 3.8) is 0 Å². The molecule has 3 nitrogen and oxygen atoms in total. The first kappa shape index (κ1) is 18.5. The molecule has 3 aromatic rings. The molecule has 0 aliphatic heterocycles. The predicted molar refractivity (Wildman–Crippen MR) is 95.1 cm³/mol. The molecule has 0 aliphatic carbocycles. The third-order valence-corrected chi connectivity index (χ3v) is 3.82. The van der Waals surface area contributed by atoms with Gasteiger partial charge in [0, 0.05) is 23.4 Å². The summed E-state index contributed by atoms with van der Waals surface area (Å²) in [5.41, 5.74) is 0.715. The Bertz CT molecular complexity index is 1100. The average molecular weight is 369 g/mol. The van der Waals surface area contributed by atoms with Crippen LogP contribution in [0.15, 0.2) is 57.9 Å². The molecule has 1 aromatic carbocycles. The Labute approximate surface area is 153 Å². The number of aromatic nitrogens is 1. The Kier molecular flexibility index (Phi) is 4.87. The Hall–Kier alpha value is -3.33. The maximum Gasteiger partial charge on any atom is 0.416 e. The molecule has 0 amide bonds. The number of nitrogens with zero attached hydrogens (tertiary/aromatic N) is 1. The van der Waals surface area contributed by atoms with Gasteiger partial charge in [0.05, 0.1) is 11.1 Å². The SMILES string of the molecule is Cc1cc(=O)c(-c2ccc(C#Cc3cccc(C(F)(F)F)c3)nc2)c(C)o1. The number of alkyl halides is 3. The van der Waals surface area contributed by atoms with Crippen LogP contribution in [-0.4, -0.2) is 4.98 Å². The Morgan fingerprint density at radius 1 is 1.04 bits per heavy atom. The molecule has 0 unspecified atom stereocenters. The van der Waals surface area contributed by atoms with Gasteiger partial charge in [-0.3, -0.25) is 4.79 Å². The lowest BCUT2D eigenvalue weighted by atomic mass is 10.1. The maximum atomic E-state index is 12.7. The Balaban J connectivity index is 1.89. The quantitative estimate of drug-likeness (QED) is 0.582. The summed E-state index contributed by atoms with van der Waals surface area (Å²) in [5.74, 6) is 6.41. The molecule has 0 saturated carbocycles. The molecule has 0 fully saturated rings. The van der Waals surface area contributed by atoms with E-state index in [0.29, 0.717) is 28.3 Å². The van der Waals surface area contributed by atoms with Crippen LogP contribution in [0.1, 0.15) is 28.3 Å². The number of pyridine rings is 1. The van der Waals surface area contributed by atoms with Crippen LogP contribution in [0.25, 0.3) is 11.1 Å². The van der Waals surface area contributed by atoms with Gasteiger partial charge in [-0.25, -0.2) is 4.98 Å². The highest BCUT2D eigenvalue weighted by atomic mass is 19.4. The molecule has 0 spiro atoms. The molecule has 27 heavy (non-hydrogen) atoms. The molecule has 2 heterocycles. The van der Waals surface area contributed by atoms with E-state index >= 15 is 0 Å². The Morgan fingerprint density at radius 2 is 1.81 bits per heavy atom. The van der Waals surface area contributed by atoms with Crippen molar-refractivity contribution in [2.45, 2.75) is 20.0 Å². The van der Waals surface area contributed by atoms with Gasteiger partial charge in [0.1, 0.15) is 17.2 Å². The summed E-state index contributed by atoms with van der Waals surface area (Å²) in [6, 6.07) is 9.48. The van der Waals surface area contributed by atoms with Crippen molar-refractivity contribution in [1.29, 1.82) is 0 Å². The third kappa shape index (κ3) is 4.26. The average Bonchev–Trinajstić information content (AvgIpc) is 2.60. The zero-order chi connectivity index (χ0) is 19.6. The highest BCUT2D eigenvalue weighted by molar-refractivity contribution is 5.64. The van der Waals surface area contributed by atoms with E-state index in [0.717, 1.165) is 12.1 Å². The van der Waals surface area contributed by atoms with Crippen LogP contribution >= 0.6 is 0 Å². The number of benzene rings is 1. The van der Waals surface area contributed by atoms with E-state index < -0.39 is 11.7 Å². The minimum absolute atomic E-state index is 0.166. The summed E-state index contributed by atoms with van der Waals surface area (Å²) in [5, 5.41) is 0. The van der Waals surface area contributed by atoms with Gasteiger partial charge in [0.15, 0.2) is 5.43 Å². The molecule has 0 saturated heterocycles. The summed E-state index contributed by atoms with van der Waals surface area (Å²) < 4.78 is 43.7. The van der Waals surface area contributed by atoms with E-state index in [1.165, 1.54) is 24.4 Å². The molecule has 0 bridgehead atoms. The second-order valence-electron chi connectivity index (χ2n) is 5.91. The van der Waals surface area contributed by atoms with Crippen LogP contribution in [0.2, 0.25) is 0 Å².